The van der Waals surface area contributed by atoms with Gasteiger partial charge in [0.05, 0.1) is 7.11 Å². The van der Waals surface area contributed by atoms with Crippen LogP contribution in [0.1, 0.15) is 0 Å². The summed E-state index contributed by atoms with van der Waals surface area (Å²) < 4.78 is 0. The van der Waals surface area contributed by atoms with Crippen LogP contribution in [-0.2, 0) is 4.84 Å². The third kappa shape index (κ3) is 1.99. The van der Waals surface area contributed by atoms with Crippen molar-refractivity contribution in [2.45, 2.75) is 0 Å². The number of nitrogen functional groups attached to an aromatic ring is 1. The van der Waals surface area contributed by atoms with Gasteiger partial charge in [0.2, 0.25) is 0 Å². The van der Waals surface area contributed by atoms with Crippen LogP contribution in [0.25, 0.3) is 0 Å². The van der Waals surface area contributed by atoms with Gasteiger partial charge in [-0.2, -0.15) is 0 Å². The molecule has 2 N–H and O–H groups in total. The summed E-state index contributed by atoms with van der Waals surface area (Å²) in [5, 5.41) is 1.83. The van der Waals surface area contributed by atoms with Gasteiger partial charge in [-0.15, -0.1) is 0 Å². The Kier molecular flexibility index (Phi) is 2.73. The predicted octanol–water partition coefficient (Wildman–Crippen LogP) is 1.31. The molecule has 1 heterocycles. The van der Waals surface area contributed by atoms with E-state index in [0.717, 1.165) is 0 Å². The topological polar surface area (TPSA) is 51.4 Å². The Bertz CT molecular complexity index is 259. The minimum absolute atomic E-state index is 0.355. The third-order valence-corrected chi connectivity index (χ3v) is 1.59. The van der Waals surface area contributed by atoms with E-state index in [1.807, 2.05) is 0 Å². The number of aromatic nitrogens is 1. The molecule has 0 atom stereocenters. The van der Waals surface area contributed by atoms with E-state index in [1.165, 1.54) is 5.06 Å². The number of hydroxylamine groups is 1. The van der Waals surface area contributed by atoms with E-state index >= 15 is 0 Å². The van der Waals surface area contributed by atoms with Gasteiger partial charge in [0, 0.05) is 18.8 Å². The van der Waals surface area contributed by atoms with Crippen molar-refractivity contribution in [3.8, 4) is 0 Å². The van der Waals surface area contributed by atoms with Gasteiger partial charge in [-0.25, -0.2) is 10.0 Å². The maximum atomic E-state index is 5.68. The summed E-state index contributed by atoms with van der Waals surface area (Å²) in [6.45, 7) is 0. The molecule has 0 spiro atoms. The van der Waals surface area contributed by atoms with Gasteiger partial charge in [0.25, 0.3) is 0 Å². The molecule has 66 valence electrons. The molecule has 0 bridgehead atoms. The Morgan fingerprint density at radius 1 is 1.58 bits per heavy atom. The fraction of sp³-hybridized carbons (Fsp3) is 0.286. The molecule has 4 nitrogen and oxygen atoms in total. The number of hydrogen-bond acceptors (Lipinski definition) is 4. The van der Waals surface area contributed by atoms with Crippen LogP contribution in [0.15, 0.2) is 12.1 Å². The van der Waals surface area contributed by atoms with E-state index in [2.05, 4.69) is 4.98 Å². The van der Waals surface area contributed by atoms with E-state index in [0.29, 0.717) is 16.7 Å². The molecule has 1 aromatic heterocycles. The maximum Gasteiger partial charge on any atom is 0.155 e. The highest BCUT2D eigenvalue weighted by Crippen LogP contribution is 2.18. The first-order valence-electron chi connectivity index (χ1n) is 3.34. The van der Waals surface area contributed by atoms with Crippen molar-refractivity contribution in [1.82, 2.24) is 4.98 Å². The number of halogens is 1. The number of rotatable bonds is 2. The average Bonchev–Trinajstić information content (AvgIpc) is 2.01. The molecule has 12 heavy (non-hydrogen) atoms. The van der Waals surface area contributed by atoms with Crippen LogP contribution in [0.3, 0.4) is 0 Å². The first-order chi connectivity index (χ1) is 5.63. The van der Waals surface area contributed by atoms with Crippen molar-refractivity contribution in [2.24, 2.45) is 0 Å². The Morgan fingerprint density at radius 3 is 2.75 bits per heavy atom. The number of hydrogen-bond donors (Lipinski definition) is 1. The number of pyridine rings is 1. The SMILES string of the molecule is CON(C)c1cc(N)cc(Cl)n1. The monoisotopic (exact) mass is 187 g/mol. The molecular formula is C7H10ClN3O. The zero-order valence-corrected chi connectivity index (χ0v) is 7.67. The summed E-state index contributed by atoms with van der Waals surface area (Å²) in [6, 6.07) is 3.25. The van der Waals surface area contributed by atoms with E-state index in [4.69, 9.17) is 22.2 Å². The quantitative estimate of drug-likeness (QED) is 0.561. The lowest BCUT2D eigenvalue weighted by Gasteiger charge is -2.14. The van der Waals surface area contributed by atoms with Crippen LogP contribution in [-0.4, -0.2) is 19.1 Å². The van der Waals surface area contributed by atoms with E-state index < -0.39 is 0 Å². The summed E-state index contributed by atoms with van der Waals surface area (Å²) in [5.74, 6) is 0.586. The average molecular weight is 188 g/mol. The molecule has 0 amide bonds. The standard InChI is InChI=1S/C7H10ClN3O/c1-11(12-2)7-4-5(9)3-6(8)10-7/h3-4H,1-2H3,(H2,9,10). The van der Waals surface area contributed by atoms with Crippen molar-refractivity contribution in [1.29, 1.82) is 0 Å². The van der Waals surface area contributed by atoms with Crippen molar-refractivity contribution in [2.75, 3.05) is 25.0 Å². The molecule has 0 saturated carbocycles. The molecule has 1 rings (SSSR count). The summed E-state index contributed by atoms with van der Waals surface area (Å²) in [5.41, 5.74) is 6.11. The highest BCUT2D eigenvalue weighted by molar-refractivity contribution is 6.29. The van der Waals surface area contributed by atoms with Crippen LogP contribution in [0.2, 0.25) is 5.15 Å². The first kappa shape index (κ1) is 9.09. The second-order valence-electron chi connectivity index (χ2n) is 2.26. The van der Waals surface area contributed by atoms with Crippen LogP contribution < -0.4 is 10.8 Å². The van der Waals surface area contributed by atoms with E-state index in [9.17, 15) is 0 Å². The van der Waals surface area contributed by atoms with Crippen molar-refractivity contribution in [3.05, 3.63) is 17.3 Å². The molecule has 0 radical (unpaired) electrons. The Balaban J connectivity index is 3.00. The van der Waals surface area contributed by atoms with Gasteiger partial charge in [0.15, 0.2) is 5.82 Å². The molecule has 0 saturated heterocycles. The molecule has 5 heteroatoms. The molecule has 0 aromatic carbocycles. The van der Waals surface area contributed by atoms with Gasteiger partial charge >= 0.3 is 0 Å². The zero-order chi connectivity index (χ0) is 9.14. The smallest absolute Gasteiger partial charge is 0.155 e. The molecule has 0 aliphatic heterocycles. The first-order valence-corrected chi connectivity index (χ1v) is 3.72. The minimum Gasteiger partial charge on any atom is -0.399 e. The van der Waals surface area contributed by atoms with Gasteiger partial charge < -0.3 is 5.73 Å². The van der Waals surface area contributed by atoms with Gasteiger partial charge in [-0.05, 0) is 6.07 Å². The molecule has 0 aliphatic rings. The Morgan fingerprint density at radius 2 is 2.25 bits per heavy atom. The second kappa shape index (κ2) is 3.60. The van der Waals surface area contributed by atoms with Crippen LogP contribution in [0.5, 0.6) is 0 Å². The fourth-order valence-corrected chi connectivity index (χ4v) is 0.970. The van der Waals surface area contributed by atoms with Crippen molar-refractivity contribution < 1.29 is 4.84 Å². The van der Waals surface area contributed by atoms with Crippen LogP contribution >= 0.6 is 11.6 Å². The lowest BCUT2D eigenvalue weighted by molar-refractivity contribution is 0.182. The molecule has 0 aliphatic carbocycles. The summed E-state index contributed by atoms with van der Waals surface area (Å²) in [4.78, 5) is 8.89. The van der Waals surface area contributed by atoms with Crippen molar-refractivity contribution >= 4 is 23.1 Å². The molecule has 0 fully saturated rings. The summed E-state index contributed by atoms with van der Waals surface area (Å²) in [7, 11) is 3.26. The van der Waals surface area contributed by atoms with Crippen LogP contribution in [0.4, 0.5) is 11.5 Å². The second-order valence-corrected chi connectivity index (χ2v) is 2.65. The third-order valence-electron chi connectivity index (χ3n) is 1.40. The van der Waals surface area contributed by atoms with Gasteiger partial charge in [-0.3, -0.25) is 4.84 Å². The normalized spacial score (nSPS) is 9.92. The van der Waals surface area contributed by atoms with Gasteiger partial charge in [0.1, 0.15) is 5.15 Å². The molecule has 0 unspecified atom stereocenters. The predicted molar refractivity (Wildman–Crippen MR) is 49.1 cm³/mol. The zero-order valence-electron chi connectivity index (χ0n) is 6.91. The Hall–Kier alpha value is -1.00. The highest BCUT2D eigenvalue weighted by Gasteiger charge is 2.02. The van der Waals surface area contributed by atoms with E-state index in [1.54, 1.807) is 26.3 Å². The largest absolute Gasteiger partial charge is 0.399 e. The lowest BCUT2D eigenvalue weighted by Crippen LogP contribution is -2.16. The minimum atomic E-state index is 0.355. The van der Waals surface area contributed by atoms with Crippen molar-refractivity contribution in [3.63, 3.8) is 0 Å². The maximum absolute atomic E-state index is 5.68. The fourth-order valence-electron chi connectivity index (χ4n) is 0.757. The summed E-state index contributed by atoms with van der Waals surface area (Å²) >= 11 is 5.68. The highest BCUT2D eigenvalue weighted by atomic mass is 35.5. The lowest BCUT2D eigenvalue weighted by atomic mass is 10.4. The number of anilines is 2. The summed E-state index contributed by atoms with van der Waals surface area (Å²) in [6.07, 6.45) is 0. The van der Waals surface area contributed by atoms with Gasteiger partial charge in [-0.1, -0.05) is 11.6 Å². The molecule has 1 aromatic rings. The number of nitrogens with zero attached hydrogens (tertiary/aromatic N) is 2. The van der Waals surface area contributed by atoms with Crippen LogP contribution in [0, 0.1) is 0 Å². The Labute approximate surface area is 75.9 Å². The van der Waals surface area contributed by atoms with E-state index in [-0.39, 0.29) is 0 Å². The molecular weight excluding hydrogens is 178 g/mol. The number of nitrogens with two attached hydrogens (primary N) is 1.